The molecule has 0 aromatic rings. The van der Waals surface area contributed by atoms with Crippen LogP contribution in [0.25, 0.3) is 0 Å². The molecule has 0 aromatic carbocycles. The zero-order chi connectivity index (χ0) is 12.7. The molecule has 0 spiro atoms. The van der Waals surface area contributed by atoms with Gasteiger partial charge in [0, 0.05) is 26.2 Å². The quantitative estimate of drug-likeness (QED) is 0.683. The summed E-state index contributed by atoms with van der Waals surface area (Å²) in [6, 6.07) is 0. The summed E-state index contributed by atoms with van der Waals surface area (Å²) in [7, 11) is 0. The molecule has 1 rings (SSSR count). The predicted octanol–water partition coefficient (Wildman–Crippen LogP) is 1.13. The van der Waals surface area contributed by atoms with Crippen LogP contribution < -0.4 is 0 Å². The molecule has 1 aliphatic heterocycles. The zero-order valence-corrected chi connectivity index (χ0v) is 11.4. The molecule has 0 radical (unpaired) electrons. The van der Waals surface area contributed by atoms with E-state index in [9.17, 15) is 0 Å². The van der Waals surface area contributed by atoms with Gasteiger partial charge in [0.2, 0.25) is 0 Å². The first kappa shape index (κ1) is 14.9. The highest BCUT2D eigenvalue weighted by Crippen LogP contribution is 2.10. The molecule has 1 N–H and O–H groups in total. The summed E-state index contributed by atoms with van der Waals surface area (Å²) < 4.78 is 11.2. The fourth-order valence-corrected chi connectivity index (χ4v) is 2.04. The highest BCUT2D eigenvalue weighted by atomic mass is 16.5. The molecule has 2 unspecified atom stereocenters. The summed E-state index contributed by atoms with van der Waals surface area (Å²) in [6.07, 6.45) is 1.30. The molecule has 1 saturated heterocycles. The molecular formula is C13H27NO3. The maximum Gasteiger partial charge on any atom is 0.0936 e. The molecule has 1 aliphatic rings. The van der Waals surface area contributed by atoms with Gasteiger partial charge < -0.3 is 14.6 Å². The Hall–Kier alpha value is -0.160. The average molecular weight is 245 g/mol. The molecule has 0 bridgehead atoms. The lowest BCUT2D eigenvalue weighted by Gasteiger charge is -2.35. The van der Waals surface area contributed by atoms with Crippen molar-refractivity contribution in [3.63, 3.8) is 0 Å². The lowest BCUT2D eigenvalue weighted by molar-refractivity contribution is -0.0987. The molecule has 0 amide bonds. The number of aliphatic hydroxyl groups is 1. The van der Waals surface area contributed by atoms with Crippen LogP contribution in [0.2, 0.25) is 0 Å². The summed E-state index contributed by atoms with van der Waals surface area (Å²) >= 11 is 0. The van der Waals surface area contributed by atoms with Crippen LogP contribution in [-0.2, 0) is 9.47 Å². The highest BCUT2D eigenvalue weighted by Gasteiger charge is 2.24. The monoisotopic (exact) mass is 245 g/mol. The Morgan fingerprint density at radius 3 is 2.76 bits per heavy atom. The number of nitrogens with zero attached hydrogens (tertiary/aromatic N) is 1. The molecule has 1 fully saturated rings. The Morgan fingerprint density at radius 2 is 2.12 bits per heavy atom. The summed E-state index contributed by atoms with van der Waals surface area (Å²) in [5, 5.41) is 9.11. The minimum atomic E-state index is -0.0329. The van der Waals surface area contributed by atoms with Crippen molar-refractivity contribution in [1.29, 1.82) is 0 Å². The Morgan fingerprint density at radius 1 is 1.35 bits per heavy atom. The van der Waals surface area contributed by atoms with Gasteiger partial charge >= 0.3 is 0 Å². The van der Waals surface area contributed by atoms with Crippen molar-refractivity contribution < 1.29 is 14.6 Å². The van der Waals surface area contributed by atoms with E-state index in [1.54, 1.807) is 0 Å². The molecular weight excluding hydrogens is 218 g/mol. The van der Waals surface area contributed by atoms with E-state index in [0.29, 0.717) is 5.92 Å². The number of aliphatic hydroxyl groups excluding tert-OH is 1. The van der Waals surface area contributed by atoms with Crippen molar-refractivity contribution in [3.05, 3.63) is 0 Å². The SMILES string of the molecule is CC(C)CCOCCN1CC(C)OC(CO)C1. The largest absolute Gasteiger partial charge is 0.394 e. The Kier molecular flexibility index (Phi) is 7.04. The fraction of sp³-hybridized carbons (Fsp3) is 1.00. The van der Waals surface area contributed by atoms with Gasteiger partial charge in [-0.25, -0.2) is 0 Å². The second-order valence-electron chi connectivity index (χ2n) is 5.31. The van der Waals surface area contributed by atoms with Crippen LogP contribution in [0.15, 0.2) is 0 Å². The van der Waals surface area contributed by atoms with Gasteiger partial charge in [-0.3, -0.25) is 4.90 Å². The lowest BCUT2D eigenvalue weighted by atomic mass is 10.1. The van der Waals surface area contributed by atoms with Crippen LogP contribution >= 0.6 is 0 Å². The van der Waals surface area contributed by atoms with Gasteiger partial charge in [-0.15, -0.1) is 0 Å². The number of rotatable bonds is 7. The zero-order valence-electron chi connectivity index (χ0n) is 11.4. The van der Waals surface area contributed by atoms with Gasteiger partial charge in [0.25, 0.3) is 0 Å². The minimum absolute atomic E-state index is 0.0329. The summed E-state index contributed by atoms with van der Waals surface area (Å²) in [6.45, 7) is 10.9. The van der Waals surface area contributed by atoms with Crippen molar-refractivity contribution in [2.24, 2.45) is 5.92 Å². The van der Waals surface area contributed by atoms with E-state index in [0.717, 1.165) is 39.3 Å². The Labute approximate surface area is 105 Å². The standard InChI is InChI=1S/C13H27NO3/c1-11(2)4-6-16-7-5-14-8-12(3)17-13(9-14)10-15/h11-13,15H,4-10H2,1-3H3. The molecule has 102 valence electrons. The second kappa shape index (κ2) is 8.03. The topological polar surface area (TPSA) is 41.9 Å². The van der Waals surface area contributed by atoms with Crippen LogP contribution in [0.1, 0.15) is 27.2 Å². The van der Waals surface area contributed by atoms with Crippen LogP contribution in [0.4, 0.5) is 0 Å². The van der Waals surface area contributed by atoms with E-state index < -0.39 is 0 Å². The molecule has 2 atom stereocenters. The molecule has 0 aliphatic carbocycles. The van der Waals surface area contributed by atoms with Gasteiger partial charge in [-0.2, -0.15) is 0 Å². The number of morpholine rings is 1. The van der Waals surface area contributed by atoms with Gasteiger partial charge in [0.15, 0.2) is 0 Å². The smallest absolute Gasteiger partial charge is 0.0936 e. The average Bonchev–Trinajstić information content (AvgIpc) is 2.27. The number of ether oxygens (including phenoxy) is 2. The predicted molar refractivity (Wildman–Crippen MR) is 68.1 cm³/mol. The van der Waals surface area contributed by atoms with Gasteiger partial charge in [-0.05, 0) is 19.3 Å². The van der Waals surface area contributed by atoms with Crippen molar-refractivity contribution >= 4 is 0 Å². The number of hydrogen-bond donors (Lipinski definition) is 1. The van der Waals surface area contributed by atoms with Crippen molar-refractivity contribution in [1.82, 2.24) is 4.90 Å². The first-order valence-corrected chi connectivity index (χ1v) is 6.68. The van der Waals surface area contributed by atoms with Gasteiger partial charge in [0.05, 0.1) is 25.4 Å². The first-order valence-electron chi connectivity index (χ1n) is 6.68. The molecule has 0 aromatic heterocycles. The van der Waals surface area contributed by atoms with Crippen LogP contribution in [0.5, 0.6) is 0 Å². The Balaban J connectivity index is 2.09. The van der Waals surface area contributed by atoms with Crippen LogP contribution in [0.3, 0.4) is 0 Å². The van der Waals surface area contributed by atoms with Crippen molar-refractivity contribution in [2.75, 3.05) is 39.5 Å². The lowest BCUT2D eigenvalue weighted by Crippen LogP contribution is -2.48. The second-order valence-corrected chi connectivity index (χ2v) is 5.31. The normalized spacial score (nSPS) is 26.6. The molecule has 1 heterocycles. The van der Waals surface area contributed by atoms with Crippen LogP contribution in [-0.4, -0.2) is 61.7 Å². The third-order valence-electron chi connectivity index (χ3n) is 3.00. The van der Waals surface area contributed by atoms with E-state index in [4.69, 9.17) is 14.6 Å². The number of hydrogen-bond acceptors (Lipinski definition) is 4. The van der Waals surface area contributed by atoms with Crippen LogP contribution in [0, 0.1) is 5.92 Å². The summed E-state index contributed by atoms with van der Waals surface area (Å²) in [4.78, 5) is 2.31. The van der Waals surface area contributed by atoms with Gasteiger partial charge in [-0.1, -0.05) is 13.8 Å². The van der Waals surface area contributed by atoms with Gasteiger partial charge in [0.1, 0.15) is 0 Å². The van der Waals surface area contributed by atoms with E-state index in [-0.39, 0.29) is 18.8 Å². The van der Waals surface area contributed by atoms with Crippen molar-refractivity contribution in [2.45, 2.75) is 39.4 Å². The summed E-state index contributed by atoms with van der Waals surface area (Å²) in [5.74, 6) is 0.706. The molecule has 4 heteroatoms. The highest BCUT2D eigenvalue weighted by molar-refractivity contribution is 4.74. The third kappa shape index (κ3) is 6.36. The van der Waals surface area contributed by atoms with E-state index in [1.165, 1.54) is 0 Å². The van der Waals surface area contributed by atoms with E-state index >= 15 is 0 Å². The third-order valence-corrected chi connectivity index (χ3v) is 3.00. The molecule has 17 heavy (non-hydrogen) atoms. The maximum atomic E-state index is 9.11. The van der Waals surface area contributed by atoms with E-state index in [1.807, 2.05) is 0 Å². The summed E-state index contributed by atoms with van der Waals surface area (Å²) in [5.41, 5.74) is 0. The van der Waals surface area contributed by atoms with Crippen molar-refractivity contribution in [3.8, 4) is 0 Å². The van der Waals surface area contributed by atoms with E-state index in [2.05, 4.69) is 25.7 Å². The minimum Gasteiger partial charge on any atom is -0.394 e. The molecule has 0 saturated carbocycles. The fourth-order valence-electron chi connectivity index (χ4n) is 2.04. The maximum absolute atomic E-state index is 9.11. The first-order chi connectivity index (χ1) is 8.11. The molecule has 4 nitrogen and oxygen atoms in total. The Bertz CT molecular complexity index is 199.